The molecule has 4 N–H and O–H groups in total. The Morgan fingerprint density at radius 1 is 0.948 bits per heavy atom. The molecule has 58 heavy (non-hydrogen) atoms. The molecule has 0 aromatic heterocycles. The summed E-state index contributed by atoms with van der Waals surface area (Å²) in [5.74, 6) is -1.39. The number of hydrogen-bond acceptors (Lipinski definition) is 9. The molecule has 0 unspecified atom stereocenters. The molecule has 0 spiro atoms. The Morgan fingerprint density at radius 2 is 1.66 bits per heavy atom. The zero-order chi connectivity index (χ0) is 42.8. The largest absolute Gasteiger partial charge is 0.495 e. The summed E-state index contributed by atoms with van der Waals surface area (Å²) in [4.78, 5) is 27.3. The van der Waals surface area contributed by atoms with Crippen molar-refractivity contribution < 1.29 is 41.7 Å². The number of nitrogens with one attached hydrogen (secondary N) is 3. The van der Waals surface area contributed by atoms with Gasteiger partial charge in [-0.3, -0.25) is 13.9 Å². The summed E-state index contributed by atoms with van der Waals surface area (Å²) < 4.78 is 56.0. The number of aliphatic hydroxyl groups excluding tert-OH is 1. The molecule has 320 valence electrons. The van der Waals surface area contributed by atoms with E-state index in [2.05, 4.69) is 16.0 Å². The van der Waals surface area contributed by atoms with Crippen molar-refractivity contribution in [2.75, 3.05) is 44.5 Å². The number of methoxy groups -OCH3 is 1. The van der Waals surface area contributed by atoms with Crippen molar-refractivity contribution >= 4 is 27.5 Å². The Labute approximate surface area is 344 Å². The Hall–Kier alpha value is -4.66. The van der Waals surface area contributed by atoms with Crippen LogP contribution in [-0.4, -0.2) is 77.7 Å². The topological polar surface area (TPSA) is 156 Å². The second-order valence-corrected chi connectivity index (χ2v) is 17.1. The standard InChI is InChI=1S/C44H63FN4O8S/c1-9-31(4)42(44(52)47-27-34-16-18-36(45)19-17-34)48-43(51)38(30(2)3)26-40(50)39(46-21-20-33-12-10-13-37(24-33)49(6)58(8,53)54)29-56-28-35-15-14-32(5)41(25-35)57-23-11-22-55-7/h10,12-19,24-25,29-31,38,40,42,46,50H,9,11,20-23,26-28H2,1-8H3,(H,47,52)(H,48,51)/b39-29+/t31-,38-,40-,42-/m0/s1. The fourth-order valence-corrected chi connectivity index (χ4v) is 6.60. The van der Waals surface area contributed by atoms with Crippen molar-refractivity contribution in [2.45, 2.75) is 85.6 Å². The molecule has 3 aromatic rings. The van der Waals surface area contributed by atoms with Crippen LogP contribution in [0.15, 0.2) is 78.7 Å². The van der Waals surface area contributed by atoms with Gasteiger partial charge in [0.1, 0.15) is 30.5 Å². The lowest BCUT2D eigenvalue weighted by atomic mass is 9.87. The smallest absolute Gasteiger partial charge is 0.243 e. The summed E-state index contributed by atoms with van der Waals surface area (Å²) >= 11 is 0. The van der Waals surface area contributed by atoms with Gasteiger partial charge in [-0.1, -0.05) is 70.5 Å². The lowest BCUT2D eigenvalue weighted by Crippen LogP contribution is -2.52. The van der Waals surface area contributed by atoms with Gasteiger partial charge < -0.3 is 35.3 Å². The van der Waals surface area contributed by atoms with E-state index in [1.54, 1.807) is 37.4 Å². The van der Waals surface area contributed by atoms with Gasteiger partial charge in [0.05, 0.1) is 30.4 Å². The number of carbonyl (C=O) groups excluding carboxylic acids is 2. The van der Waals surface area contributed by atoms with Crippen molar-refractivity contribution in [1.82, 2.24) is 16.0 Å². The zero-order valence-electron chi connectivity index (χ0n) is 35.2. The molecule has 12 nitrogen and oxygen atoms in total. The molecule has 3 rings (SSSR count). The molecule has 0 saturated heterocycles. The van der Waals surface area contributed by atoms with Gasteiger partial charge in [0.25, 0.3) is 0 Å². The predicted molar refractivity (Wildman–Crippen MR) is 226 cm³/mol. The van der Waals surface area contributed by atoms with Gasteiger partial charge in [-0.05, 0) is 84.2 Å². The van der Waals surface area contributed by atoms with E-state index in [0.717, 1.165) is 40.7 Å². The SMILES string of the molecule is CC[C@H](C)[C@H](NC(=O)[C@@H](C[C@H](O)/C(=C\OCc1ccc(C)c(OCCCOC)c1)NCCc1cccc(N(C)S(C)(=O)=O)c1)C(C)C)C(=O)NCc1ccc(F)cc1. The molecule has 14 heteroatoms. The van der Waals surface area contributed by atoms with Crippen LogP contribution in [0.1, 0.15) is 69.2 Å². The highest BCUT2D eigenvalue weighted by molar-refractivity contribution is 7.92. The van der Waals surface area contributed by atoms with Gasteiger partial charge in [-0.2, -0.15) is 0 Å². The van der Waals surface area contributed by atoms with Crippen LogP contribution in [0.4, 0.5) is 10.1 Å². The highest BCUT2D eigenvalue weighted by atomic mass is 32.2. The van der Waals surface area contributed by atoms with Crippen molar-refractivity contribution in [3.63, 3.8) is 0 Å². The average Bonchev–Trinajstić information content (AvgIpc) is 3.19. The maximum absolute atomic E-state index is 13.9. The Morgan fingerprint density at radius 3 is 2.31 bits per heavy atom. The molecule has 0 bridgehead atoms. The van der Waals surface area contributed by atoms with Crippen molar-refractivity contribution in [3.8, 4) is 5.75 Å². The average molecular weight is 827 g/mol. The van der Waals surface area contributed by atoms with Crippen LogP contribution >= 0.6 is 0 Å². The first-order valence-corrected chi connectivity index (χ1v) is 21.7. The van der Waals surface area contributed by atoms with Crippen LogP contribution in [-0.2, 0) is 48.7 Å². The third-order valence-corrected chi connectivity index (χ3v) is 11.3. The Kier molecular flexibility index (Phi) is 19.5. The van der Waals surface area contributed by atoms with Gasteiger partial charge in [0, 0.05) is 46.2 Å². The second kappa shape index (κ2) is 23.7. The van der Waals surface area contributed by atoms with Gasteiger partial charge in [-0.25, -0.2) is 12.8 Å². The molecule has 3 aromatic carbocycles. The monoisotopic (exact) mass is 826 g/mol. The summed E-state index contributed by atoms with van der Waals surface area (Å²) in [6.45, 7) is 11.4. The van der Waals surface area contributed by atoms with E-state index in [9.17, 15) is 27.5 Å². The van der Waals surface area contributed by atoms with E-state index in [-0.39, 0.29) is 49.0 Å². The molecule has 0 aliphatic heterocycles. The number of aliphatic hydroxyl groups is 1. The molecule has 0 radical (unpaired) electrons. The highest BCUT2D eigenvalue weighted by Crippen LogP contribution is 2.24. The van der Waals surface area contributed by atoms with Crippen molar-refractivity contribution in [2.24, 2.45) is 17.8 Å². The number of ether oxygens (including phenoxy) is 3. The number of hydrogen-bond donors (Lipinski definition) is 4. The van der Waals surface area contributed by atoms with Gasteiger partial charge in [0.15, 0.2) is 0 Å². The number of nitrogens with zero attached hydrogens (tertiary/aromatic N) is 1. The van der Waals surface area contributed by atoms with E-state index in [0.29, 0.717) is 44.0 Å². The van der Waals surface area contributed by atoms with Gasteiger partial charge in [-0.15, -0.1) is 0 Å². The molecule has 0 heterocycles. The fourth-order valence-electron chi connectivity index (χ4n) is 6.10. The number of benzene rings is 3. The number of amides is 2. The molecular formula is C44H63FN4O8S. The maximum atomic E-state index is 13.9. The van der Waals surface area contributed by atoms with E-state index >= 15 is 0 Å². The number of halogens is 1. The van der Waals surface area contributed by atoms with Crippen LogP contribution in [0.3, 0.4) is 0 Å². The highest BCUT2D eigenvalue weighted by Gasteiger charge is 2.32. The van der Waals surface area contributed by atoms with E-state index in [4.69, 9.17) is 14.2 Å². The summed E-state index contributed by atoms with van der Waals surface area (Å²) in [5.41, 5.74) is 4.34. The van der Waals surface area contributed by atoms with E-state index < -0.39 is 28.1 Å². The maximum Gasteiger partial charge on any atom is 0.243 e. The van der Waals surface area contributed by atoms with Gasteiger partial charge >= 0.3 is 0 Å². The number of carbonyl (C=O) groups is 2. The number of anilines is 1. The van der Waals surface area contributed by atoms with Gasteiger partial charge in [0.2, 0.25) is 21.8 Å². The van der Waals surface area contributed by atoms with Crippen LogP contribution in [0.25, 0.3) is 0 Å². The van der Waals surface area contributed by atoms with Crippen molar-refractivity contribution in [3.05, 3.63) is 107 Å². The first-order valence-electron chi connectivity index (χ1n) is 19.8. The van der Waals surface area contributed by atoms with Crippen LogP contribution in [0, 0.1) is 30.5 Å². The van der Waals surface area contributed by atoms with Crippen LogP contribution in [0.2, 0.25) is 0 Å². The quantitative estimate of drug-likeness (QED) is 0.0595. The molecular weight excluding hydrogens is 764 g/mol. The zero-order valence-corrected chi connectivity index (χ0v) is 36.0. The predicted octanol–water partition coefficient (Wildman–Crippen LogP) is 6.01. The Bertz CT molecular complexity index is 1890. The third-order valence-electron chi connectivity index (χ3n) is 10.1. The molecule has 0 saturated carbocycles. The minimum Gasteiger partial charge on any atom is -0.495 e. The fraction of sp³-hybridized carbons (Fsp3) is 0.500. The molecule has 0 aliphatic rings. The normalized spacial score (nSPS) is 13.9. The summed E-state index contributed by atoms with van der Waals surface area (Å²) in [7, 11) is -0.296. The molecule has 2 amide bonds. The van der Waals surface area contributed by atoms with E-state index in [1.807, 2.05) is 58.9 Å². The lowest BCUT2D eigenvalue weighted by molar-refractivity contribution is -0.133. The molecule has 0 fully saturated rings. The summed E-state index contributed by atoms with van der Waals surface area (Å²) in [6, 6.07) is 18.1. The first-order chi connectivity index (χ1) is 27.5. The number of sulfonamides is 1. The summed E-state index contributed by atoms with van der Waals surface area (Å²) in [5, 5.41) is 20.9. The van der Waals surface area contributed by atoms with Crippen LogP contribution < -0.4 is 25.0 Å². The minimum atomic E-state index is -3.44. The van der Waals surface area contributed by atoms with Crippen molar-refractivity contribution in [1.29, 1.82) is 0 Å². The minimum absolute atomic E-state index is 0.0365. The second-order valence-electron chi connectivity index (χ2n) is 15.1. The molecule has 0 aliphatic carbocycles. The van der Waals surface area contributed by atoms with E-state index in [1.165, 1.54) is 29.7 Å². The molecule has 4 atom stereocenters. The lowest BCUT2D eigenvalue weighted by Gasteiger charge is -2.29. The Balaban J connectivity index is 1.79. The third kappa shape index (κ3) is 15.6. The van der Waals surface area contributed by atoms with Crippen LogP contribution in [0.5, 0.6) is 5.75 Å². The number of rotatable bonds is 25. The first kappa shape index (κ1) is 47.7. The summed E-state index contributed by atoms with van der Waals surface area (Å²) in [6.07, 6.45) is 3.39. The number of aryl methyl sites for hydroxylation is 1.